The van der Waals surface area contributed by atoms with Crippen LogP contribution in [0, 0.1) is 10.1 Å². The summed E-state index contributed by atoms with van der Waals surface area (Å²) in [5.74, 6) is 0. The molecule has 1 aromatic heterocycles. The highest BCUT2D eigenvalue weighted by Gasteiger charge is 2.14. The first-order valence-electron chi connectivity index (χ1n) is 5.66. The highest BCUT2D eigenvalue weighted by Crippen LogP contribution is 2.15. The Morgan fingerprint density at radius 1 is 1.42 bits per heavy atom. The fourth-order valence-corrected chi connectivity index (χ4v) is 2.01. The summed E-state index contributed by atoms with van der Waals surface area (Å²) in [4.78, 5) is 24.8. The topological polar surface area (TPSA) is 76.0 Å². The van der Waals surface area contributed by atoms with E-state index >= 15 is 0 Å². The summed E-state index contributed by atoms with van der Waals surface area (Å²) < 4.78 is 0. The molecule has 0 unspecified atom stereocenters. The van der Waals surface area contributed by atoms with Gasteiger partial charge in [-0.3, -0.25) is 14.9 Å². The minimum atomic E-state index is -0.675. The van der Waals surface area contributed by atoms with Gasteiger partial charge in [0, 0.05) is 10.8 Å². The Morgan fingerprint density at radius 3 is 2.89 bits per heavy atom. The maximum absolute atomic E-state index is 12.0. The highest BCUT2D eigenvalue weighted by atomic mass is 79.9. The van der Waals surface area contributed by atoms with Crippen LogP contribution < -0.4 is 5.43 Å². The van der Waals surface area contributed by atoms with E-state index in [9.17, 15) is 14.9 Å². The molecule has 6 heteroatoms. The quantitative estimate of drug-likeness (QED) is 0.533. The second-order valence-corrected chi connectivity index (χ2v) is 4.74. The highest BCUT2D eigenvalue weighted by molar-refractivity contribution is 9.09. The first-order valence-corrected chi connectivity index (χ1v) is 6.78. The third-order valence-electron chi connectivity index (χ3n) is 2.67. The van der Waals surface area contributed by atoms with Gasteiger partial charge in [0.05, 0.1) is 16.5 Å². The number of H-pyrrole nitrogens is 1. The van der Waals surface area contributed by atoms with Crippen molar-refractivity contribution in [2.24, 2.45) is 0 Å². The summed E-state index contributed by atoms with van der Waals surface area (Å²) in [6.45, 7) is 0. The van der Waals surface area contributed by atoms with Crippen LogP contribution in [0.5, 0.6) is 0 Å². The number of aromatic amines is 1. The number of benzene rings is 1. The van der Waals surface area contributed by atoms with Gasteiger partial charge in [0.1, 0.15) is 0 Å². The molecule has 0 saturated heterocycles. The van der Waals surface area contributed by atoms with Crippen molar-refractivity contribution in [1.29, 1.82) is 0 Å². The molecule has 0 bridgehead atoms. The Bertz CT molecular complexity index is 707. The molecular formula is C13H11BrN2O3. The average Bonchev–Trinajstić information content (AvgIpc) is 2.39. The molecule has 2 aromatic rings. The maximum Gasteiger partial charge on any atom is 0.332 e. The van der Waals surface area contributed by atoms with Crippen LogP contribution >= 0.6 is 15.9 Å². The third-order valence-corrected chi connectivity index (χ3v) is 3.13. The zero-order valence-corrected chi connectivity index (χ0v) is 11.5. The zero-order valence-electron chi connectivity index (χ0n) is 9.93. The Kier molecular flexibility index (Phi) is 4.11. The molecule has 2 rings (SSSR count). The summed E-state index contributed by atoms with van der Waals surface area (Å²) in [5.41, 5.74) is 0.441. The van der Waals surface area contributed by atoms with Crippen molar-refractivity contribution in [3.05, 3.63) is 56.4 Å². The van der Waals surface area contributed by atoms with Crippen molar-refractivity contribution in [2.75, 3.05) is 5.33 Å². The molecule has 0 saturated carbocycles. The van der Waals surface area contributed by atoms with Crippen LogP contribution in [0.2, 0.25) is 0 Å². The first kappa shape index (κ1) is 13.5. The molecule has 1 N–H and O–H groups in total. The number of nitrogens with zero attached hydrogens (tertiary/aromatic N) is 1. The van der Waals surface area contributed by atoms with Gasteiger partial charge < -0.3 is 4.98 Å². The van der Waals surface area contributed by atoms with E-state index < -0.39 is 16.0 Å². The molecule has 0 aliphatic heterocycles. The SMILES string of the molecule is O=c1c([N+](=O)[O-])c[nH]c2ccc(C=CCCBr)cc12. The molecular weight excluding hydrogens is 312 g/mol. The number of fused-ring (bicyclic) bond motifs is 1. The fourth-order valence-electron chi connectivity index (χ4n) is 1.75. The molecule has 1 heterocycles. The molecule has 98 valence electrons. The summed E-state index contributed by atoms with van der Waals surface area (Å²) in [6.07, 6.45) is 5.87. The summed E-state index contributed by atoms with van der Waals surface area (Å²) in [6, 6.07) is 5.26. The van der Waals surface area contributed by atoms with Gasteiger partial charge in [0.25, 0.3) is 5.43 Å². The van der Waals surface area contributed by atoms with Crippen molar-refractivity contribution < 1.29 is 4.92 Å². The number of alkyl halides is 1. The van der Waals surface area contributed by atoms with Gasteiger partial charge in [-0.05, 0) is 24.1 Å². The molecule has 0 amide bonds. The van der Waals surface area contributed by atoms with Gasteiger partial charge in [0.2, 0.25) is 0 Å². The van der Waals surface area contributed by atoms with Gasteiger partial charge in [-0.2, -0.15) is 0 Å². The Morgan fingerprint density at radius 2 is 2.21 bits per heavy atom. The molecule has 0 fully saturated rings. The number of allylic oxidation sites excluding steroid dienone is 1. The van der Waals surface area contributed by atoms with Crippen molar-refractivity contribution in [3.63, 3.8) is 0 Å². The van der Waals surface area contributed by atoms with Gasteiger partial charge in [0.15, 0.2) is 0 Å². The fraction of sp³-hybridized carbons (Fsp3) is 0.154. The molecule has 0 spiro atoms. The smallest absolute Gasteiger partial charge is 0.332 e. The Labute approximate surface area is 117 Å². The Balaban J connectivity index is 2.54. The van der Waals surface area contributed by atoms with E-state index in [1.165, 1.54) is 0 Å². The molecule has 5 nitrogen and oxygen atoms in total. The van der Waals surface area contributed by atoms with Crippen LogP contribution in [0.4, 0.5) is 5.69 Å². The maximum atomic E-state index is 12.0. The van der Waals surface area contributed by atoms with E-state index in [-0.39, 0.29) is 0 Å². The second kappa shape index (κ2) is 5.79. The van der Waals surface area contributed by atoms with Gasteiger partial charge in [-0.1, -0.05) is 34.1 Å². The van der Waals surface area contributed by atoms with Crippen LogP contribution in [0.25, 0.3) is 17.0 Å². The van der Waals surface area contributed by atoms with E-state index in [2.05, 4.69) is 20.9 Å². The number of nitro groups is 1. The predicted octanol–water partition coefficient (Wildman–Crippen LogP) is 3.23. The van der Waals surface area contributed by atoms with E-state index in [1.807, 2.05) is 18.2 Å². The van der Waals surface area contributed by atoms with Crippen LogP contribution in [0.15, 0.2) is 35.3 Å². The normalized spacial score (nSPS) is 11.2. The van der Waals surface area contributed by atoms with E-state index in [1.54, 1.807) is 12.1 Å². The van der Waals surface area contributed by atoms with Gasteiger partial charge >= 0.3 is 5.69 Å². The van der Waals surface area contributed by atoms with Crippen molar-refractivity contribution in [3.8, 4) is 0 Å². The van der Waals surface area contributed by atoms with Crippen molar-refractivity contribution in [2.45, 2.75) is 6.42 Å². The molecule has 19 heavy (non-hydrogen) atoms. The number of hydrogen-bond acceptors (Lipinski definition) is 3. The van der Waals surface area contributed by atoms with E-state index in [0.717, 1.165) is 23.5 Å². The van der Waals surface area contributed by atoms with Crippen LogP contribution in [-0.2, 0) is 0 Å². The summed E-state index contributed by atoms with van der Waals surface area (Å²) >= 11 is 3.32. The van der Waals surface area contributed by atoms with Crippen LogP contribution in [0.3, 0.4) is 0 Å². The molecule has 0 aliphatic carbocycles. The number of aromatic nitrogens is 1. The number of pyridine rings is 1. The number of hydrogen-bond donors (Lipinski definition) is 1. The number of halogens is 1. The van der Waals surface area contributed by atoms with E-state index in [0.29, 0.717) is 10.9 Å². The van der Waals surface area contributed by atoms with Gasteiger partial charge in [-0.25, -0.2) is 0 Å². The molecule has 0 radical (unpaired) electrons. The number of nitrogens with one attached hydrogen (secondary N) is 1. The zero-order chi connectivity index (χ0) is 13.8. The summed E-state index contributed by atoms with van der Waals surface area (Å²) in [7, 11) is 0. The molecule has 0 aliphatic rings. The lowest BCUT2D eigenvalue weighted by atomic mass is 10.1. The van der Waals surface area contributed by atoms with Crippen molar-refractivity contribution >= 4 is 38.6 Å². The monoisotopic (exact) mass is 322 g/mol. The third kappa shape index (κ3) is 2.90. The minimum absolute atomic E-state index is 0.329. The van der Waals surface area contributed by atoms with Crippen LogP contribution in [0.1, 0.15) is 12.0 Å². The predicted molar refractivity (Wildman–Crippen MR) is 78.7 cm³/mol. The standard InChI is InChI=1S/C13H11BrN2O3/c14-6-2-1-3-9-4-5-11-10(7-9)13(17)12(8-15-11)16(18)19/h1,3-5,7-8H,2,6H2,(H,15,17). The lowest BCUT2D eigenvalue weighted by Crippen LogP contribution is -2.09. The second-order valence-electron chi connectivity index (χ2n) is 3.95. The largest absolute Gasteiger partial charge is 0.355 e. The first-order chi connectivity index (χ1) is 9.13. The lowest BCUT2D eigenvalue weighted by Gasteiger charge is -1.99. The lowest BCUT2D eigenvalue weighted by molar-refractivity contribution is -0.386. The number of rotatable bonds is 4. The molecule has 1 aromatic carbocycles. The Hall–Kier alpha value is -1.95. The summed E-state index contributed by atoms with van der Waals surface area (Å²) in [5, 5.41) is 11.9. The van der Waals surface area contributed by atoms with Crippen molar-refractivity contribution in [1.82, 2.24) is 4.98 Å². The average molecular weight is 323 g/mol. The minimum Gasteiger partial charge on any atom is -0.355 e. The van der Waals surface area contributed by atoms with Gasteiger partial charge in [-0.15, -0.1) is 0 Å². The van der Waals surface area contributed by atoms with E-state index in [4.69, 9.17) is 0 Å². The van der Waals surface area contributed by atoms with Crippen LogP contribution in [-0.4, -0.2) is 15.2 Å². The molecule has 0 atom stereocenters.